The molecule has 2 N–H and O–H groups in total. The molecule has 0 aliphatic carbocycles. The Morgan fingerprint density at radius 2 is 1.82 bits per heavy atom. The Bertz CT molecular complexity index is 531. The van der Waals surface area contributed by atoms with Gasteiger partial charge in [0.15, 0.2) is 0 Å². The summed E-state index contributed by atoms with van der Waals surface area (Å²) < 4.78 is 4.77. The summed E-state index contributed by atoms with van der Waals surface area (Å²) in [6.07, 6.45) is 1.49. The van der Waals surface area contributed by atoms with Gasteiger partial charge in [-0.2, -0.15) is 5.10 Å². The smallest absolute Gasteiger partial charge is 0.329 e. The van der Waals surface area contributed by atoms with Crippen LogP contribution in [0.4, 0.5) is 0 Å². The van der Waals surface area contributed by atoms with Gasteiger partial charge in [-0.3, -0.25) is 9.59 Å². The van der Waals surface area contributed by atoms with Crippen molar-refractivity contribution in [3.8, 4) is 0 Å². The number of benzene rings is 1. The fourth-order valence-electron chi connectivity index (χ4n) is 1.63. The van der Waals surface area contributed by atoms with E-state index in [0.717, 1.165) is 5.56 Å². The van der Waals surface area contributed by atoms with Crippen LogP contribution in [0.15, 0.2) is 29.4 Å². The van der Waals surface area contributed by atoms with Crippen LogP contribution in [0.1, 0.15) is 31.9 Å². The molecule has 0 heterocycles. The van der Waals surface area contributed by atoms with Gasteiger partial charge in [-0.15, -0.1) is 0 Å². The highest BCUT2D eigenvalue weighted by Gasteiger charge is 2.13. The lowest BCUT2D eigenvalue weighted by atomic mass is 9.87. The molecule has 2 amide bonds. The van der Waals surface area contributed by atoms with E-state index in [-0.39, 0.29) is 12.0 Å². The summed E-state index contributed by atoms with van der Waals surface area (Å²) in [4.78, 5) is 22.8. The summed E-state index contributed by atoms with van der Waals surface area (Å²) >= 11 is 0. The van der Waals surface area contributed by atoms with Crippen molar-refractivity contribution < 1.29 is 14.3 Å². The second-order valence-corrected chi connectivity index (χ2v) is 5.82. The average molecular weight is 305 g/mol. The third-order valence-electron chi connectivity index (χ3n) is 2.95. The van der Waals surface area contributed by atoms with Crippen molar-refractivity contribution >= 4 is 18.0 Å². The van der Waals surface area contributed by atoms with Gasteiger partial charge in [-0.25, -0.2) is 5.43 Å². The molecule has 120 valence electrons. The summed E-state index contributed by atoms with van der Waals surface area (Å²) in [7, 11) is 1.52. The molecular weight excluding hydrogens is 282 g/mol. The number of carbonyl (C=O) groups is 2. The summed E-state index contributed by atoms with van der Waals surface area (Å²) in [6.45, 7) is 7.04. The van der Waals surface area contributed by atoms with E-state index in [1.165, 1.54) is 18.9 Å². The largest absolute Gasteiger partial charge is 0.383 e. The highest BCUT2D eigenvalue weighted by molar-refractivity contribution is 6.35. The predicted octanol–water partition coefficient (Wildman–Crippen LogP) is 1.20. The monoisotopic (exact) mass is 305 g/mol. The Morgan fingerprint density at radius 3 is 2.36 bits per heavy atom. The van der Waals surface area contributed by atoms with E-state index >= 15 is 0 Å². The molecule has 0 aliphatic heterocycles. The van der Waals surface area contributed by atoms with Gasteiger partial charge in [0.2, 0.25) is 0 Å². The Balaban J connectivity index is 2.48. The van der Waals surface area contributed by atoms with Crippen molar-refractivity contribution in [3.63, 3.8) is 0 Å². The van der Waals surface area contributed by atoms with Crippen molar-refractivity contribution in [2.24, 2.45) is 5.10 Å². The van der Waals surface area contributed by atoms with Gasteiger partial charge in [-0.1, -0.05) is 45.0 Å². The van der Waals surface area contributed by atoms with Crippen LogP contribution in [0.25, 0.3) is 0 Å². The van der Waals surface area contributed by atoms with Crippen molar-refractivity contribution in [2.45, 2.75) is 26.2 Å². The lowest BCUT2D eigenvalue weighted by Crippen LogP contribution is -2.39. The fourth-order valence-corrected chi connectivity index (χ4v) is 1.63. The summed E-state index contributed by atoms with van der Waals surface area (Å²) in [5.41, 5.74) is 4.32. The number of nitrogens with zero attached hydrogens (tertiary/aromatic N) is 1. The third-order valence-corrected chi connectivity index (χ3v) is 2.95. The zero-order valence-corrected chi connectivity index (χ0v) is 13.5. The van der Waals surface area contributed by atoms with Crippen LogP contribution in [0.2, 0.25) is 0 Å². The van der Waals surface area contributed by atoms with Crippen molar-refractivity contribution in [2.75, 3.05) is 20.3 Å². The van der Waals surface area contributed by atoms with Crippen molar-refractivity contribution in [3.05, 3.63) is 35.4 Å². The van der Waals surface area contributed by atoms with E-state index in [4.69, 9.17) is 4.74 Å². The Kier molecular flexibility index (Phi) is 6.72. The van der Waals surface area contributed by atoms with Crippen LogP contribution in [-0.2, 0) is 19.7 Å². The number of rotatable bonds is 5. The Morgan fingerprint density at radius 1 is 1.18 bits per heavy atom. The molecule has 1 rings (SSSR count). The number of hydrogen-bond acceptors (Lipinski definition) is 4. The summed E-state index contributed by atoms with van der Waals surface area (Å²) in [5.74, 6) is -1.55. The minimum Gasteiger partial charge on any atom is -0.383 e. The van der Waals surface area contributed by atoms with Crippen molar-refractivity contribution in [1.82, 2.24) is 10.7 Å². The number of hydrogen-bond donors (Lipinski definition) is 2. The van der Waals surface area contributed by atoms with Gasteiger partial charge < -0.3 is 10.1 Å². The average Bonchev–Trinajstić information content (AvgIpc) is 2.47. The van der Waals surface area contributed by atoms with Gasteiger partial charge in [0.05, 0.1) is 12.8 Å². The van der Waals surface area contributed by atoms with Gasteiger partial charge in [0.25, 0.3) is 0 Å². The van der Waals surface area contributed by atoms with E-state index in [2.05, 4.69) is 36.6 Å². The molecule has 1 aromatic rings. The van der Waals surface area contributed by atoms with E-state index in [0.29, 0.717) is 6.61 Å². The highest BCUT2D eigenvalue weighted by Crippen LogP contribution is 2.21. The Labute approximate surface area is 130 Å². The van der Waals surface area contributed by atoms with Gasteiger partial charge >= 0.3 is 11.8 Å². The lowest BCUT2D eigenvalue weighted by Gasteiger charge is -2.18. The van der Waals surface area contributed by atoms with Gasteiger partial charge in [-0.05, 0) is 16.5 Å². The molecule has 0 unspecified atom stereocenters. The van der Waals surface area contributed by atoms with Crippen LogP contribution in [-0.4, -0.2) is 38.3 Å². The molecule has 0 bridgehead atoms. The first-order valence-electron chi connectivity index (χ1n) is 7.05. The zero-order valence-electron chi connectivity index (χ0n) is 13.5. The van der Waals surface area contributed by atoms with Crippen LogP contribution in [0.5, 0.6) is 0 Å². The molecule has 0 aliphatic rings. The minimum absolute atomic E-state index is 0.0875. The number of hydrazone groups is 1. The quantitative estimate of drug-likeness (QED) is 0.371. The molecule has 0 fully saturated rings. The number of amides is 2. The maximum absolute atomic E-state index is 11.4. The first-order chi connectivity index (χ1) is 10.3. The van der Waals surface area contributed by atoms with Gasteiger partial charge in [0, 0.05) is 13.7 Å². The fraction of sp³-hybridized carbons (Fsp3) is 0.438. The summed E-state index contributed by atoms with van der Waals surface area (Å²) in [5, 5.41) is 6.17. The first kappa shape index (κ1) is 17.8. The second kappa shape index (κ2) is 8.29. The van der Waals surface area contributed by atoms with Crippen LogP contribution in [0, 0.1) is 0 Å². The number of nitrogens with one attached hydrogen (secondary N) is 2. The SMILES string of the molecule is COCCNC(=O)C(=O)N/N=C\c1ccc(C(C)(C)C)cc1. The second-order valence-electron chi connectivity index (χ2n) is 5.82. The van der Waals surface area contributed by atoms with E-state index < -0.39 is 11.8 Å². The highest BCUT2D eigenvalue weighted by atomic mass is 16.5. The predicted molar refractivity (Wildman–Crippen MR) is 85.8 cm³/mol. The topological polar surface area (TPSA) is 79.8 Å². The van der Waals surface area contributed by atoms with Crippen LogP contribution < -0.4 is 10.7 Å². The van der Waals surface area contributed by atoms with Crippen LogP contribution >= 0.6 is 0 Å². The van der Waals surface area contributed by atoms with Crippen LogP contribution in [0.3, 0.4) is 0 Å². The molecular formula is C16H23N3O3. The van der Waals surface area contributed by atoms with E-state index in [1.807, 2.05) is 24.3 Å². The first-order valence-corrected chi connectivity index (χ1v) is 7.05. The molecule has 0 radical (unpaired) electrons. The van der Waals surface area contributed by atoms with E-state index in [9.17, 15) is 9.59 Å². The molecule has 6 heteroatoms. The zero-order chi connectivity index (χ0) is 16.6. The standard InChI is InChI=1S/C16H23N3O3/c1-16(2,3)13-7-5-12(6-8-13)11-18-19-15(21)14(20)17-9-10-22-4/h5-8,11H,9-10H2,1-4H3,(H,17,20)(H,19,21)/b18-11-. The maximum atomic E-state index is 11.4. The minimum atomic E-state index is -0.807. The molecule has 0 saturated carbocycles. The van der Waals surface area contributed by atoms with Crippen molar-refractivity contribution in [1.29, 1.82) is 0 Å². The lowest BCUT2D eigenvalue weighted by molar-refractivity contribution is -0.139. The molecule has 22 heavy (non-hydrogen) atoms. The molecule has 0 spiro atoms. The normalized spacial score (nSPS) is 11.5. The summed E-state index contributed by atoms with van der Waals surface area (Å²) in [6, 6.07) is 7.85. The molecule has 1 aromatic carbocycles. The molecule has 0 atom stereocenters. The molecule has 0 saturated heterocycles. The Hall–Kier alpha value is -2.21. The van der Waals surface area contributed by atoms with E-state index in [1.54, 1.807) is 0 Å². The maximum Gasteiger partial charge on any atom is 0.329 e. The number of ether oxygens (including phenoxy) is 1. The molecule has 0 aromatic heterocycles. The number of carbonyl (C=O) groups excluding carboxylic acids is 2. The molecule has 6 nitrogen and oxygen atoms in total. The van der Waals surface area contributed by atoms with Gasteiger partial charge in [0.1, 0.15) is 0 Å². The number of methoxy groups -OCH3 is 1. The third kappa shape index (κ3) is 6.05.